The number of benzene rings is 1. The molecule has 0 radical (unpaired) electrons. The van der Waals surface area contributed by atoms with Crippen LogP contribution in [0.3, 0.4) is 0 Å². The summed E-state index contributed by atoms with van der Waals surface area (Å²) in [6.45, 7) is 4.75. The number of rotatable bonds is 3. The first kappa shape index (κ1) is 9.07. The average molecular weight is 165 g/mol. The number of hydrogen-bond acceptors (Lipinski definition) is 2. The summed E-state index contributed by atoms with van der Waals surface area (Å²) in [6, 6.07) is 8.24. The fourth-order valence-electron chi connectivity index (χ4n) is 1.02. The standard InChI is InChI=1S/C10H15NO/c1-4-12-11(3)10-7-5-9(2)6-8-10/h5-8H,4H2,1-3H3. The molecule has 0 unspecified atom stereocenters. The van der Waals surface area contributed by atoms with E-state index >= 15 is 0 Å². The van der Waals surface area contributed by atoms with Crippen molar-refractivity contribution in [3.63, 3.8) is 0 Å². The van der Waals surface area contributed by atoms with Gasteiger partial charge in [0, 0.05) is 7.05 Å². The molecule has 1 aromatic rings. The summed E-state index contributed by atoms with van der Waals surface area (Å²) in [6.07, 6.45) is 0. The quantitative estimate of drug-likeness (QED) is 0.637. The minimum absolute atomic E-state index is 0.699. The van der Waals surface area contributed by atoms with E-state index in [-0.39, 0.29) is 0 Å². The van der Waals surface area contributed by atoms with Gasteiger partial charge in [0.1, 0.15) is 0 Å². The molecule has 0 aliphatic carbocycles. The first-order valence-corrected chi connectivity index (χ1v) is 4.17. The Morgan fingerprint density at radius 1 is 1.25 bits per heavy atom. The SMILES string of the molecule is CCON(C)c1ccc(C)cc1. The number of aryl methyl sites for hydroxylation is 1. The first-order valence-electron chi connectivity index (χ1n) is 4.17. The van der Waals surface area contributed by atoms with Crippen molar-refractivity contribution in [3.8, 4) is 0 Å². The van der Waals surface area contributed by atoms with Crippen molar-refractivity contribution in [1.29, 1.82) is 0 Å². The zero-order chi connectivity index (χ0) is 8.97. The molecular formula is C10H15NO. The van der Waals surface area contributed by atoms with Gasteiger partial charge in [-0.1, -0.05) is 17.7 Å². The van der Waals surface area contributed by atoms with Gasteiger partial charge in [0.05, 0.1) is 12.3 Å². The Hall–Kier alpha value is -1.02. The topological polar surface area (TPSA) is 12.5 Å². The van der Waals surface area contributed by atoms with Crippen LogP contribution in [0, 0.1) is 6.92 Å². The molecule has 0 N–H and O–H groups in total. The second-order valence-corrected chi connectivity index (χ2v) is 2.75. The van der Waals surface area contributed by atoms with Crippen LogP contribution in [0.15, 0.2) is 24.3 Å². The third kappa shape index (κ3) is 2.24. The van der Waals surface area contributed by atoms with E-state index in [9.17, 15) is 0 Å². The van der Waals surface area contributed by atoms with Crippen molar-refractivity contribution in [2.24, 2.45) is 0 Å². The van der Waals surface area contributed by atoms with Crippen LogP contribution < -0.4 is 5.06 Å². The molecule has 0 saturated heterocycles. The van der Waals surface area contributed by atoms with Crippen molar-refractivity contribution < 1.29 is 4.84 Å². The van der Waals surface area contributed by atoms with Gasteiger partial charge in [0.25, 0.3) is 0 Å². The molecule has 12 heavy (non-hydrogen) atoms. The average Bonchev–Trinajstić information content (AvgIpc) is 2.06. The normalized spacial score (nSPS) is 9.92. The maximum absolute atomic E-state index is 5.30. The summed E-state index contributed by atoms with van der Waals surface area (Å²) in [7, 11) is 1.91. The van der Waals surface area contributed by atoms with Gasteiger partial charge in [0.2, 0.25) is 0 Å². The highest BCUT2D eigenvalue weighted by Gasteiger charge is 1.97. The van der Waals surface area contributed by atoms with Gasteiger partial charge in [-0.25, -0.2) is 0 Å². The van der Waals surface area contributed by atoms with Crippen LogP contribution >= 0.6 is 0 Å². The maximum Gasteiger partial charge on any atom is 0.0720 e. The van der Waals surface area contributed by atoms with Gasteiger partial charge in [-0.2, -0.15) is 0 Å². The highest BCUT2D eigenvalue weighted by Crippen LogP contribution is 2.12. The smallest absolute Gasteiger partial charge is 0.0720 e. The minimum Gasteiger partial charge on any atom is -0.274 e. The first-order chi connectivity index (χ1) is 5.74. The summed E-state index contributed by atoms with van der Waals surface area (Å²) in [4.78, 5) is 5.30. The zero-order valence-electron chi connectivity index (χ0n) is 7.87. The second kappa shape index (κ2) is 4.12. The lowest BCUT2D eigenvalue weighted by Crippen LogP contribution is -2.17. The highest BCUT2D eigenvalue weighted by atomic mass is 16.7. The lowest BCUT2D eigenvalue weighted by molar-refractivity contribution is 0.135. The Bertz CT molecular complexity index is 230. The van der Waals surface area contributed by atoms with E-state index in [1.54, 1.807) is 5.06 Å². The number of nitrogens with zero attached hydrogens (tertiary/aromatic N) is 1. The lowest BCUT2D eigenvalue weighted by Gasteiger charge is -2.17. The summed E-state index contributed by atoms with van der Waals surface area (Å²) < 4.78 is 0. The molecule has 2 heteroatoms. The Labute approximate surface area is 73.7 Å². The van der Waals surface area contributed by atoms with E-state index in [4.69, 9.17) is 4.84 Å². The van der Waals surface area contributed by atoms with Crippen LogP contribution in [0.2, 0.25) is 0 Å². The molecule has 1 aromatic carbocycles. The van der Waals surface area contributed by atoms with Crippen molar-refractivity contribution in [1.82, 2.24) is 0 Å². The molecular weight excluding hydrogens is 150 g/mol. The highest BCUT2D eigenvalue weighted by molar-refractivity contribution is 5.44. The molecule has 0 amide bonds. The Morgan fingerprint density at radius 2 is 1.83 bits per heavy atom. The molecule has 0 heterocycles. The Morgan fingerprint density at radius 3 is 2.33 bits per heavy atom. The van der Waals surface area contributed by atoms with Gasteiger partial charge >= 0.3 is 0 Å². The van der Waals surface area contributed by atoms with Gasteiger partial charge in [0.15, 0.2) is 0 Å². The Balaban J connectivity index is 2.68. The van der Waals surface area contributed by atoms with Gasteiger partial charge in [-0.15, -0.1) is 0 Å². The molecule has 0 atom stereocenters. The minimum atomic E-state index is 0.699. The monoisotopic (exact) mass is 165 g/mol. The predicted molar refractivity (Wildman–Crippen MR) is 51.2 cm³/mol. The largest absolute Gasteiger partial charge is 0.274 e. The predicted octanol–water partition coefficient (Wildman–Crippen LogP) is 2.38. The van der Waals surface area contributed by atoms with Crippen LogP contribution in [0.5, 0.6) is 0 Å². The van der Waals surface area contributed by atoms with E-state index in [0.717, 1.165) is 5.69 Å². The van der Waals surface area contributed by atoms with Gasteiger partial charge in [-0.05, 0) is 26.0 Å². The molecule has 0 aliphatic heterocycles. The summed E-state index contributed by atoms with van der Waals surface area (Å²) in [5, 5.41) is 1.78. The third-order valence-corrected chi connectivity index (χ3v) is 1.72. The molecule has 0 spiro atoms. The molecule has 0 bridgehead atoms. The van der Waals surface area contributed by atoms with Crippen LogP contribution in [0.4, 0.5) is 5.69 Å². The molecule has 0 saturated carbocycles. The zero-order valence-corrected chi connectivity index (χ0v) is 7.87. The van der Waals surface area contributed by atoms with E-state index < -0.39 is 0 Å². The molecule has 1 rings (SSSR count). The summed E-state index contributed by atoms with van der Waals surface area (Å²) in [5.74, 6) is 0. The molecule has 0 aliphatic rings. The summed E-state index contributed by atoms with van der Waals surface area (Å²) >= 11 is 0. The number of anilines is 1. The molecule has 0 aromatic heterocycles. The third-order valence-electron chi connectivity index (χ3n) is 1.72. The van der Waals surface area contributed by atoms with E-state index in [2.05, 4.69) is 19.1 Å². The van der Waals surface area contributed by atoms with Crippen molar-refractivity contribution in [2.45, 2.75) is 13.8 Å². The molecule has 66 valence electrons. The van der Waals surface area contributed by atoms with Crippen LogP contribution in [0.1, 0.15) is 12.5 Å². The second-order valence-electron chi connectivity index (χ2n) is 2.75. The van der Waals surface area contributed by atoms with E-state index in [0.29, 0.717) is 6.61 Å². The fraction of sp³-hybridized carbons (Fsp3) is 0.400. The van der Waals surface area contributed by atoms with Gasteiger partial charge in [-0.3, -0.25) is 9.90 Å². The van der Waals surface area contributed by atoms with Crippen LogP contribution in [0.25, 0.3) is 0 Å². The maximum atomic E-state index is 5.30. The van der Waals surface area contributed by atoms with Crippen molar-refractivity contribution >= 4 is 5.69 Å². The summed E-state index contributed by atoms with van der Waals surface area (Å²) in [5.41, 5.74) is 2.35. The van der Waals surface area contributed by atoms with E-state index in [1.807, 2.05) is 26.1 Å². The van der Waals surface area contributed by atoms with E-state index in [1.165, 1.54) is 5.56 Å². The number of hydrogen-bond donors (Lipinski definition) is 0. The molecule has 2 nitrogen and oxygen atoms in total. The van der Waals surface area contributed by atoms with Crippen LogP contribution in [-0.4, -0.2) is 13.7 Å². The molecule has 0 fully saturated rings. The van der Waals surface area contributed by atoms with Crippen LogP contribution in [-0.2, 0) is 4.84 Å². The number of hydroxylamine groups is 1. The lowest BCUT2D eigenvalue weighted by atomic mass is 10.2. The fourth-order valence-corrected chi connectivity index (χ4v) is 1.02. The van der Waals surface area contributed by atoms with Crippen molar-refractivity contribution in [3.05, 3.63) is 29.8 Å². The van der Waals surface area contributed by atoms with Crippen molar-refractivity contribution in [2.75, 3.05) is 18.7 Å². The Kier molecular flexibility index (Phi) is 3.11. The van der Waals surface area contributed by atoms with Gasteiger partial charge < -0.3 is 0 Å².